The minimum atomic E-state index is -0.916. The van der Waals surface area contributed by atoms with Crippen LogP contribution in [0.25, 0.3) is 22.3 Å². The van der Waals surface area contributed by atoms with Crippen LogP contribution >= 0.6 is 0 Å². The molecule has 0 aliphatic carbocycles. The smallest absolute Gasteiger partial charge is 0.238 e. The van der Waals surface area contributed by atoms with Crippen LogP contribution in [-0.4, -0.2) is 46.7 Å². The molecule has 0 aliphatic rings. The number of phenols is 4. The van der Waals surface area contributed by atoms with Crippen molar-refractivity contribution in [2.45, 2.75) is 48.4 Å². The number of aromatic hydroxyl groups is 5. The number of hydrogen-bond donors (Lipinski definition) is 5. The summed E-state index contributed by atoms with van der Waals surface area (Å²) in [6.07, 6.45) is 5.84. The van der Waals surface area contributed by atoms with Crippen LogP contribution in [0, 0.1) is 0 Å². The summed E-state index contributed by atoms with van der Waals surface area (Å²) in [6.45, 7) is 4.58. The van der Waals surface area contributed by atoms with Gasteiger partial charge in [0, 0.05) is 18.2 Å². The number of hydrogen-bond acceptors (Lipinski definition) is 7. The van der Waals surface area contributed by atoms with Crippen LogP contribution in [0.15, 0.2) is 39.5 Å². The number of unbranched alkanes of at least 4 members (excludes halogenated alkanes) is 2. The third kappa shape index (κ3) is 8.60. The van der Waals surface area contributed by atoms with E-state index in [1.54, 1.807) is 8.87 Å². The Hall–Kier alpha value is -1.59. The van der Waals surface area contributed by atoms with Crippen LogP contribution < -0.4 is 39.4 Å². The van der Waals surface area contributed by atoms with Crippen molar-refractivity contribution in [1.29, 1.82) is 0 Å². The Morgan fingerprint density at radius 1 is 0.818 bits per heavy atom. The molecule has 1 heterocycles. The fourth-order valence-corrected chi connectivity index (χ4v) is 7.06. The largest absolute Gasteiger partial charge is 1.00 e. The third-order valence-electron chi connectivity index (χ3n) is 4.58. The maximum Gasteiger partial charge on any atom is 0.238 e. The van der Waals surface area contributed by atoms with Crippen LogP contribution in [0.1, 0.15) is 39.5 Å². The molecule has 3 rings (SSSR count). The Morgan fingerprint density at radius 3 is 1.94 bits per heavy atom. The summed E-state index contributed by atoms with van der Waals surface area (Å²) in [4.78, 5) is 12.2. The maximum atomic E-state index is 12.2. The quantitative estimate of drug-likeness (QED) is 0.161. The van der Waals surface area contributed by atoms with E-state index in [-0.39, 0.29) is 88.9 Å². The predicted octanol–water partition coefficient (Wildman–Crippen LogP) is -0.877. The summed E-state index contributed by atoms with van der Waals surface area (Å²) in [5.41, 5.74) is -1.11. The monoisotopic (exact) mass is 694 g/mol. The molecule has 0 atom stereocenters. The van der Waals surface area contributed by atoms with E-state index in [0.717, 1.165) is 18.2 Å². The average Bonchev–Trinajstić information content (AvgIpc) is 2.71. The standard InChI is InChI=1S/C15H10O7.2C4H9.2BrH.Sn/c16-6-1-2-8(9(18)3-6)15-14(21)13(20)12-10(19)4-7(17)5-11(12)22-15;2*1-3-4-2;;;/h1-5,16-19,21H;2*1,3-4H2,2H3;2*1H;/q;;;;;+2/p-2. The van der Waals surface area contributed by atoms with Gasteiger partial charge in [-0.05, 0) is 12.1 Å². The van der Waals surface area contributed by atoms with Gasteiger partial charge in [0.15, 0.2) is 5.76 Å². The molecule has 0 fully saturated rings. The van der Waals surface area contributed by atoms with Crippen molar-refractivity contribution in [2.24, 2.45) is 0 Å². The molecule has 0 bridgehead atoms. The van der Waals surface area contributed by atoms with Gasteiger partial charge in [-0.2, -0.15) is 0 Å². The van der Waals surface area contributed by atoms with Crippen molar-refractivity contribution >= 4 is 32.1 Å². The summed E-state index contributed by atoms with van der Waals surface area (Å²) in [7, 11) is 0. The van der Waals surface area contributed by atoms with E-state index in [1.165, 1.54) is 37.8 Å². The first kappa shape index (κ1) is 31.4. The van der Waals surface area contributed by atoms with Crippen molar-refractivity contribution in [3.63, 3.8) is 0 Å². The SMILES string of the molecule is CCC[CH2][Sn+2][CH2]CCC.O=c1c(O)c(-c2ccc(O)cc2O)oc2cc(O)cc(O)c12.[Br-].[Br-]. The Bertz CT molecular complexity index is 1080. The van der Waals surface area contributed by atoms with Gasteiger partial charge in [-0.3, -0.25) is 4.79 Å². The third-order valence-corrected chi connectivity index (χ3v) is 8.61. The molecule has 0 radical (unpaired) electrons. The Balaban J connectivity index is 0.000000805. The Kier molecular flexibility index (Phi) is 14.6. The summed E-state index contributed by atoms with van der Waals surface area (Å²) in [5, 5.41) is 47.9. The van der Waals surface area contributed by atoms with Crippen LogP contribution in [0.3, 0.4) is 0 Å². The van der Waals surface area contributed by atoms with Crippen LogP contribution in [-0.2, 0) is 0 Å². The first-order valence-corrected chi connectivity index (χ1v) is 14.3. The number of phenolic OH excluding ortho intramolecular Hbond substituents is 4. The topological polar surface area (TPSA) is 131 Å². The molecule has 0 unspecified atom stereocenters. The van der Waals surface area contributed by atoms with E-state index < -0.39 is 22.7 Å². The van der Waals surface area contributed by atoms with Crippen LogP contribution in [0.5, 0.6) is 28.7 Å². The number of fused-ring (bicyclic) bond motifs is 1. The normalized spacial score (nSPS) is 9.76. The van der Waals surface area contributed by atoms with Crippen molar-refractivity contribution in [2.75, 3.05) is 0 Å². The van der Waals surface area contributed by atoms with E-state index in [9.17, 15) is 30.3 Å². The fourth-order valence-electron chi connectivity index (χ4n) is 2.90. The molecule has 33 heavy (non-hydrogen) atoms. The van der Waals surface area contributed by atoms with Gasteiger partial charge in [0.25, 0.3) is 0 Å². The average molecular weight is 695 g/mol. The second kappa shape index (κ2) is 15.3. The minimum absolute atomic E-state index is 0. The molecular weight excluding hydrogens is 667 g/mol. The van der Waals surface area contributed by atoms with E-state index in [2.05, 4.69) is 13.8 Å². The Labute approximate surface area is 223 Å². The molecule has 0 amide bonds. The number of halogens is 2. The van der Waals surface area contributed by atoms with Gasteiger partial charge < -0.3 is 63.9 Å². The molecular formula is C23H28Br2O7Sn. The minimum Gasteiger partial charge on any atom is -1.00 e. The molecule has 0 saturated carbocycles. The summed E-state index contributed by atoms with van der Waals surface area (Å²) in [5.74, 6) is -2.66. The molecule has 0 spiro atoms. The fraction of sp³-hybridized carbons (Fsp3) is 0.348. The molecule has 180 valence electrons. The first-order valence-electron chi connectivity index (χ1n) is 10.2. The van der Waals surface area contributed by atoms with E-state index in [0.29, 0.717) is 0 Å². The predicted molar refractivity (Wildman–Crippen MR) is 121 cm³/mol. The molecule has 5 N–H and O–H groups in total. The second-order valence-electron chi connectivity index (χ2n) is 7.11. The van der Waals surface area contributed by atoms with E-state index in [1.807, 2.05) is 0 Å². The first-order chi connectivity index (χ1) is 14.8. The molecule has 10 heteroatoms. The zero-order valence-electron chi connectivity index (χ0n) is 18.4. The molecule has 3 aromatic rings. The zero-order chi connectivity index (χ0) is 23.0. The van der Waals surface area contributed by atoms with Crippen molar-refractivity contribution < 1.29 is 63.9 Å². The Morgan fingerprint density at radius 2 is 1.39 bits per heavy atom. The van der Waals surface area contributed by atoms with Crippen molar-refractivity contribution in [1.82, 2.24) is 0 Å². The van der Waals surface area contributed by atoms with E-state index in [4.69, 9.17) is 4.42 Å². The molecule has 0 aliphatic heterocycles. The summed E-state index contributed by atoms with van der Waals surface area (Å²) < 4.78 is 8.58. The van der Waals surface area contributed by atoms with Gasteiger partial charge in [-0.25, -0.2) is 0 Å². The van der Waals surface area contributed by atoms with Gasteiger partial charge in [0.05, 0.1) is 5.56 Å². The van der Waals surface area contributed by atoms with Crippen LogP contribution in [0.2, 0.25) is 8.87 Å². The van der Waals surface area contributed by atoms with Crippen LogP contribution in [0.4, 0.5) is 0 Å². The van der Waals surface area contributed by atoms with Gasteiger partial charge in [-0.15, -0.1) is 0 Å². The number of rotatable bonds is 7. The molecule has 2 aromatic carbocycles. The summed E-state index contributed by atoms with van der Waals surface area (Å²) in [6, 6.07) is 5.53. The van der Waals surface area contributed by atoms with Crippen molar-refractivity contribution in [3.8, 4) is 40.1 Å². The number of benzene rings is 2. The van der Waals surface area contributed by atoms with E-state index >= 15 is 0 Å². The second-order valence-corrected chi connectivity index (χ2v) is 11.4. The summed E-state index contributed by atoms with van der Waals surface area (Å²) >= 11 is 0.149. The maximum absolute atomic E-state index is 12.2. The molecule has 7 nitrogen and oxygen atoms in total. The van der Waals surface area contributed by atoms with Gasteiger partial charge >= 0.3 is 69.5 Å². The van der Waals surface area contributed by atoms with Gasteiger partial charge in [0.1, 0.15) is 34.0 Å². The van der Waals surface area contributed by atoms with Gasteiger partial charge in [0.2, 0.25) is 11.2 Å². The molecule has 1 aromatic heterocycles. The van der Waals surface area contributed by atoms with Gasteiger partial charge in [-0.1, -0.05) is 0 Å². The zero-order valence-corrected chi connectivity index (χ0v) is 24.5. The van der Waals surface area contributed by atoms with Crippen molar-refractivity contribution in [3.05, 3.63) is 40.6 Å². The molecule has 0 saturated heterocycles.